The molecule has 1 aliphatic rings. The van der Waals surface area contributed by atoms with E-state index in [9.17, 15) is 14.7 Å². The van der Waals surface area contributed by atoms with Crippen molar-refractivity contribution in [3.8, 4) is 5.75 Å². The normalized spacial score (nSPS) is 17.5. The Labute approximate surface area is 186 Å². The number of carbonyl (C=O) groups excluding carboxylic acids is 2. The quantitative estimate of drug-likeness (QED) is 0.378. The van der Waals surface area contributed by atoms with Crippen LogP contribution in [0.15, 0.2) is 78.6 Å². The summed E-state index contributed by atoms with van der Waals surface area (Å²) >= 11 is 0. The third-order valence-corrected chi connectivity index (χ3v) is 5.43. The van der Waals surface area contributed by atoms with Crippen molar-refractivity contribution in [2.24, 2.45) is 0 Å². The summed E-state index contributed by atoms with van der Waals surface area (Å²) in [6.07, 6.45) is 3.21. The molecule has 0 bridgehead atoms. The minimum absolute atomic E-state index is 0.00735. The fourth-order valence-electron chi connectivity index (χ4n) is 3.79. The highest BCUT2D eigenvalue weighted by atomic mass is 16.5. The van der Waals surface area contributed by atoms with E-state index in [0.717, 1.165) is 5.69 Å². The third-order valence-electron chi connectivity index (χ3n) is 5.43. The van der Waals surface area contributed by atoms with Crippen molar-refractivity contribution in [2.75, 3.05) is 31.0 Å². The zero-order valence-corrected chi connectivity index (χ0v) is 18.0. The van der Waals surface area contributed by atoms with E-state index in [1.165, 1.54) is 12.0 Å². The molecule has 1 amide bonds. The molecule has 1 aliphatic heterocycles. The van der Waals surface area contributed by atoms with E-state index in [1.54, 1.807) is 60.9 Å². The number of hydrogen-bond donors (Lipinski definition) is 1. The predicted molar refractivity (Wildman–Crippen MR) is 123 cm³/mol. The zero-order chi connectivity index (χ0) is 22.8. The number of carbonyl (C=O) groups is 2. The molecule has 0 saturated carbocycles. The van der Waals surface area contributed by atoms with Gasteiger partial charge in [0.25, 0.3) is 11.7 Å². The number of methoxy groups -OCH3 is 1. The van der Waals surface area contributed by atoms with Crippen molar-refractivity contribution in [2.45, 2.75) is 6.04 Å². The van der Waals surface area contributed by atoms with Crippen molar-refractivity contribution in [3.63, 3.8) is 0 Å². The number of rotatable bonds is 5. The number of ether oxygens (including phenoxy) is 1. The largest absolute Gasteiger partial charge is 0.507 e. The summed E-state index contributed by atoms with van der Waals surface area (Å²) in [5.41, 5.74) is 2.52. The number of aromatic nitrogens is 1. The van der Waals surface area contributed by atoms with E-state index in [0.29, 0.717) is 22.6 Å². The maximum Gasteiger partial charge on any atom is 0.300 e. The standard InChI is InChI=1S/C25H23N3O4/c1-27(2)18-9-11-19(12-10-18)28-22(17-7-5-13-26-15-17)21(24(30)25(28)31)23(29)16-6-4-8-20(14-16)32-3/h4-15,22,29H,1-3H3/b23-21+. The Kier molecular flexibility index (Phi) is 5.64. The number of hydrogen-bond acceptors (Lipinski definition) is 6. The fourth-order valence-corrected chi connectivity index (χ4v) is 3.79. The van der Waals surface area contributed by atoms with E-state index in [1.807, 2.05) is 31.1 Å². The summed E-state index contributed by atoms with van der Waals surface area (Å²) in [5, 5.41) is 11.1. The Bertz CT molecular complexity index is 1190. The van der Waals surface area contributed by atoms with Crippen LogP contribution in [-0.4, -0.2) is 43.0 Å². The molecule has 1 fully saturated rings. The zero-order valence-electron chi connectivity index (χ0n) is 18.0. The van der Waals surface area contributed by atoms with Crippen LogP contribution in [0.25, 0.3) is 5.76 Å². The molecule has 0 radical (unpaired) electrons. The molecular weight excluding hydrogens is 406 g/mol. The molecule has 4 rings (SSSR count). The van der Waals surface area contributed by atoms with Crippen LogP contribution in [0, 0.1) is 0 Å². The smallest absolute Gasteiger partial charge is 0.300 e. The van der Waals surface area contributed by atoms with E-state index in [2.05, 4.69) is 4.98 Å². The molecule has 2 aromatic carbocycles. The average Bonchev–Trinajstić information content (AvgIpc) is 3.09. The molecule has 2 heterocycles. The summed E-state index contributed by atoms with van der Waals surface area (Å²) in [5.74, 6) is -1.19. The van der Waals surface area contributed by atoms with Gasteiger partial charge >= 0.3 is 0 Å². The number of ketones is 1. The molecule has 7 nitrogen and oxygen atoms in total. The summed E-state index contributed by atoms with van der Waals surface area (Å²) in [7, 11) is 5.36. The predicted octanol–water partition coefficient (Wildman–Crippen LogP) is 3.78. The lowest BCUT2D eigenvalue weighted by Gasteiger charge is -2.25. The van der Waals surface area contributed by atoms with Crippen LogP contribution in [0.1, 0.15) is 17.2 Å². The number of aliphatic hydroxyl groups is 1. The van der Waals surface area contributed by atoms with Crippen molar-refractivity contribution in [1.82, 2.24) is 4.98 Å². The van der Waals surface area contributed by atoms with Gasteiger partial charge in [0.1, 0.15) is 11.5 Å². The topological polar surface area (TPSA) is 83.0 Å². The van der Waals surface area contributed by atoms with Gasteiger partial charge < -0.3 is 14.7 Å². The highest BCUT2D eigenvalue weighted by Crippen LogP contribution is 2.42. The maximum atomic E-state index is 13.2. The molecule has 7 heteroatoms. The second kappa shape index (κ2) is 8.55. The molecular formula is C25H23N3O4. The Morgan fingerprint density at radius 3 is 2.44 bits per heavy atom. The molecule has 1 saturated heterocycles. The fraction of sp³-hybridized carbons (Fsp3) is 0.160. The number of pyridine rings is 1. The third kappa shape index (κ3) is 3.69. The first kappa shape index (κ1) is 21.1. The van der Waals surface area contributed by atoms with E-state index in [4.69, 9.17) is 4.74 Å². The van der Waals surface area contributed by atoms with Gasteiger partial charge in [-0.15, -0.1) is 0 Å². The summed E-state index contributed by atoms with van der Waals surface area (Å²) in [6.45, 7) is 0. The van der Waals surface area contributed by atoms with Gasteiger partial charge in [-0.2, -0.15) is 0 Å². The summed E-state index contributed by atoms with van der Waals surface area (Å²) < 4.78 is 5.24. The first-order valence-corrected chi connectivity index (χ1v) is 10.0. The lowest BCUT2D eigenvalue weighted by molar-refractivity contribution is -0.132. The Morgan fingerprint density at radius 2 is 1.81 bits per heavy atom. The SMILES string of the molecule is COc1cccc(/C(O)=C2\C(=O)C(=O)N(c3ccc(N(C)C)cc3)C2c2cccnc2)c1. The Balaban J connectivity index is 1.90. The van der Waals surface area contributed by atoms with Crippen LogP contribution in [0.2, 0.25) is 0 Å². The monoisotopic (exact) mass is 429 g/mol. The number of nitrogens with zero attached hydrogens (tertiary/aromatic N) is 3. The highest BCUT2D eigenvalue weighted by molar-refractivity contribution is 6.51. The summed E-state index contributed by atoms with van der Waals surface area (Å²) in [6, 6.07) is 16.7. The number of benzene rings is 2. The summed E-state index contributed by atoms with van der Waals surface area (Å²) in [4.78, 5) is 33.8. The second-order valence-corrected chi connectivity index (χ2v) is 7.60. The molecule has 1 atom stereocenters. The second-order valence-electron chi connectivity index (χ2n) is 7.60. The van der Waals surface area contributed by atoms with Crippen molar-refractivity contribution < 1.29 is 19.4 Å². The minimum atomic E-state index is -0.819. The van der Waals surface area contributed by atoms with E-state index < -0.39 is 17.7 Å². The van der Waals surface area contributed by atoms with E-state index in [-0.39, 0.29) is 11.3 Å². The van der Waals surface area contributed by atoms with Gasteiger partial charge in [-0.3, -0.25) is 19.5 Å². The number of Topliss-reactive ketones (excluding diaryl/α,β-unsaturated/α-hetero) is 1. The molecule has 1 aromatic heterocycles. The Hall–Kier alpha value is -4.13. The van der Waals surface area contributed by atoms with Crippen LogP contribution >= 0.6 is 0 Å². The number of aliphatic hydroxyl groups excluding tert-OH is 1. The van der Waals surface area contributed by atoms with Gasteiger partial charge in [-0.25, -0.2) is 0 Å². The lowest BCUT2D eigenvalue weighted by Crippen LogP contribution is -2.29. The van der Waals surface area contributed by atoms with Gasteiger partial charge in [0, 0.05) is 43.4 Å². The molecule has 1 unspecified atom stereocenters. The van der Waals surface area contributed by atoms with Crippen molar-refractivity contribution in [1.29, 1.82) is 0 Å². The number of anilines is 2. The van der Waals surface area contributed by atoms with Gasteiger partial charge in [-0.1, -0.05) is 18.2 Å². The highest BCUT2D eigenvalue weighted by Gasteiger charge is 2.47. The number of amides is 1. The maximum absolute atomic E-state index is 13.2. The minimum Gasteiger partial charge on any atom is -0.507 e. The molecule has 3 aromatic rings. The van der Waals surface area contributed by atoms with E-state index >= 15 is 0 Å². The molecule has 1 N–H and O–H groups in total. The van der Waals surface area contributed by atoms with Crippen LogP contribution in [0.4, 0.5) is 11.4 Å². The van der Waals surface area contributed by atoms with Gasteiger partial charge in [0.15, 0.2) is 0 Å². The van der Waals surface area contributed by atoms with Crippen LogP contribution < -0.4 is 14.5 Å². The van der Waals surface area contributed by atoms with Gasteiger partial charge in [0.05, 0.1) is 18.7 Å². The van der Waals surface area contributed by atoms with Crippen molar-refractivity contribution >= 4 is 28.8 Å². The van der Waals surface area contributed by atoms with Crippen LogP contribution in [0.5, 0.6) is 5.75 Å². The van der Waals surface area contributed by atoms with Gasteiger partial charge in [-0.05, 0) is 48.0 Å². The average molecular weight is 429 g/mol. The molecule has 0 spiro atoms. The first-order chi connectivity index (χ1) is 15.4. The van der Waals surface area contributed by atoms with Crippen LogP contribution in [-0.2, 0) is 9.59 Å². The molecule has 0 aliphatic carbocycles. The lowest BCUT2D eigenvalue weighted by atomic mass is 9.96. The first-order valence-electron chi connectivity index (χ1n) is 10.0. The molecule has 32 heavy (non-hydrogen) atoms. The van der Waals surface area contributed by atoms with Crippen LogP contribution in [0.3, 0.4) is 0 Å². The van der Waals surface area contributed by atoms with Crippen molar-refractivity contribution in [3.05, 3.63) is 89.8 Å². The molecule has 162 valence electrons. The Morgan fingerprint density at radius 1 is 1.06 bits per heavy atom. The van der Waals surface area contributed by atoms with Gasteiger partial charge in [0.2, 0.25) is 0 Å².